The van der Waals surface area contributed by atoms with Gasteiger partial charge in [0.25, 0.3) is 5.91 Å². The van der Waals surface area contributed by atoms with Crippen LogP contribution in [0.15, 0.2) is 16.6 Å². The van der Waals surface area contributed by atoms with Crippen LogP contribution in [0.1, 0.15) is 10.4 Å². The first-order valence-corrected chi connectivity index (χ1v) is 3.89. The van der Waals surface area contributed by atoms with Gasteiger partial charge in [-0.15, -0.1) is 0 Å². The molecule has 0 bridgehead atoms. The van der Waals surface area contributed by atoms with Crippen molar-refractivity contribution >= 4 is 27.5 Å². The lowest BCUT2D eigenvalue weighted by molar-refractivity contribution is 0.100. The summed E-state index contributed by atoms with van der Waals surface area (Å²) in [7, 11) is 0. The zero-order chi connectivity index (χ0) is 9.30. The van der Waals surface area contributed by atoms with E-state index in [-0.39, 0.29) is 17.0 Å². The number of nitrogen functional groups attached to an aromatic ring is 1. The van der Waals surface area contributed by atoms with Gasteiger partial charge in [0.15, 0.2) is 0 Å². The van der Waals surface area contributed by atoms with Crippen molar-refractivity contribution in [2.45, 2.75) is 0 Å². The number of hydrogen-bond acceptors (Lipinski definition) is 3. The quantitative estimate of drug-likeness (QED) is 0.494. The molecule has 0 aliphatic rings. The number of primary amides is 1. The summed E-state index contributed by atoms with van der Waals surface area (Å²) < 4.78 is 0.558. The molecular formula is C7H7BrN2O2. The van der Waals surface area contributed by atoms with Crippen LogP contribution in [0.5, 0.6) is 5.75 Å². The minimum absolute atomic E-state index is 0.00528. The van der Waals surface area contributed by atoms with Gasteiger partial charge in [-0.05, 0) is 12.1 Å². The zero-order valence-corrected chi connectivity index (χ0v) is 7.63. The number of rotatable bonds is 1. The number of phenolic OH excluding ortho intramolecular Hbond substituents is 1. The summed E-state index contributed by atoms with van der Waals surface area (Å²) in [5, 5.41) is 9.17. The number of phenols is 1. The Kier molecular flexibility index (Phi) is 2.23. The molecule has 0 aliphatic heterocycles. The van der Waals surface area contributed by atoms with Crippen molar-refractivity contribution in [3.05, 3.63) is 22.2 Å². The maximum absolute atomic E-state index is 10.7. The number of nitrogens with two attached hydrogens (primary N) is 2. The van der Waals surface area contributed by atoms with E-state index in [0.29, 0.717) is 4.47 Å². The molecule has 5 N–H and O–H groups in total. The van der Waals surface area contributed by atoms with Crippen molar-refractivity contribution < 1.29 is 9.90 Å². The fourth-order valence-corrected chi connectivity index (χ4v) is 1.25. The fourth-order valence-electron chi connectivity index (χ4n) is 0.808. The molecule has 0 heterocycles. The van der Waals surface area contributed by atoms with Gasteiger partial charge in [-0.2, -0.15) is 0 Å². The van der Waals surface area contributed by atoms with Gasteiger partial charge in [0.05, 0.1) is 11.3 Å². The van der Waals surface area contributed by atoms with Gasteiger partial charge in [-0.25, -0.2) is 0 Å². The molecule has 12 heavy (non-hydrogen) atoms. The Morgan fingerprint density at radius 3 is 2.58 bits per heavy atom. The van der Waals surface area contributed by atoms with Gasteiger partial charge in [0.1, 0.15) is 5.75 Å². The van der Waals surface area contributed by atoms with Crippen molar-refractivity contribution in [3.63, 3.8) is 0 Å². The third-order valence-electron chi connectivity index (χ3n) is 1.39. The Morgan fingerprint density at radius 1 is 1.50 bits per heavy atom. The molecule has 0 unspecified atom stereocenters. The molecule has 1 aromatic carbocycles. The molecule has 1 aromatic rings. The molecule has 0 aliphatic carbocycles. The number of carbonyl (C=O) groups excluding carboxylic acids is 1. The van der Waals surface area contributed by atoms with Crippen LogP contribution in [-0.2, 0) is 0 Å². The molecular weight excluding hydrogens is 224 g/mol. The van der Waals surface area contributed by atoms with Crippen molar-refractivity contribution in [3.8, 4) is 5.75 Å². The van der Waals surface area contributed by atoms with Gasteiger partial charge in [-0.1, -0.05) is 15.9 Å². The van der Waals surface area contributed by atoms with E-state index in [4.69, 9.17) is 16.6 Å². The van der Waals surface area contributed by atoms with E-state index in [1.54, 1.807) is 0 Å². The van der Waals surface area contributed by atoms with Gasteiger partial charge >= 0.3 is 0 Å². The first kappa shape index (κ1) is 8.86. The van der Waals surface area contributed by atoms with Crippen molar-refractivity contribution in [1.29, 1.82) is 0 Å². The lowest BCUT2D eigenvalue weighted by Crippen LogP contribution is -2.13. The lowest BCUT2D eigenvalue weighted by Gasteiger charge is -2.04. The molecule has 0 atom stereocenters. The van der Waals surface area contributed by atoms with Gasteiger partial charge in [0, 0.05) is 4.47 Å². The van der Waals surface area contributed by atoms with Crippen LogP contribution in [0, 0.1) is 0 Å². The van der Waals surface area contributed by atoms with Crippen LogP contribution in [0.25, 0.3) is 0 Å². The van der Waals surface area contributed by atoms with Crippen LogP contribution < -0.4 is 11.5 Å². The van der Waals surface area contributed by atoms with Gasteiger partial charge in [0.2, 0.25) is 0 Å². The highest BCUT2D eigenvalue weighted by Crippen LogP contribution is 2.28. The van der Waals surface area contributed by atoms with Gasteiger partial charge in [-0.3, -0.25) is 4.79 Å². The molecule has 0 aromatic heterocycles. The summed E-state index contributed by atoms with van der Waals surface area (Å²) in [5.41, 5.74) is 10.5. The highest BCUT2D eigenvalue weighted by atomic mass is 79.9. The van der Waals surface area contributed by atoms with Crippen LogP contribution in [0.4, 0.5) is 5.69 Å². The minimum atomic E-state index is -0.663. The molecule has 0 fully saturated rings. The number of benzene rings is 1. The average molecular weight is 231 g/mol. The predicted octanol–water partition coefficient (Wildman–Crippen LogP) is 0.836. The minimum Gasteiger partial charge on any atom is -0.506 e. The molecule has 5 heteroatoms. The average Bonchev–Trinajstić information content (AvgIpc) is 1.96. The number of carbonyl (C=O) groups is 1. The second-order valence-corrected chi connectivity index (χ2v) is 3.17. The second-order valence-electron chi connectivity index (χ2n) is 2.25. The maximum atomic E-state index is 10.7. The number of halogens is 1. The number of hydrogen-bond donors (Lipinski definition) is 3. The maximum Gasteiger partial charge on any atom is 0.250 e. The van der Waals surface area contributed by atoms with E-state index in [9.17, 15) is 4.79 Å². The number of anilines is 1. The molecule has 1 amide bonds. The van der Waals surface area contributed by atoms with Crippen LogP contribution in [0.2, 0.25) is 0 Å². The molecule has 0 saturated heterocycles. The van der Waals surface area contributed by atoms with E-state index < -0.39 is 5.91 Å². The summed E-state index contributed by atoms with van der Waals surface area (Å²) in [5.74, 6) is -0.817. The van der Waals surface area contributed by atoms with Crippen molar-refractivity contribution in [2.75, 3.05) is 5.73 Å². The van der Waals surface area contributed by atoms with Crippen LogP contribution >= 0.6 is 15.9 Å². The summed E-state index contributed by atoms with van der Waals surface area (Å²) in [4.78, 5) is 10.7. The highest BCUT2D eigenvalue weighted by molar-refractivity contribution is 9.10. The third-order valence-corrected chi connectivity index (χ3v) is 1.85. The van der Waals surface area contributed by atoms with E-state index >= 15 is 0 Å². The number of aromatic hydroxyl groups is 1. The van der Waals surface area contributed by atoms with E-state index in [1.165, 1.54) is 12.1 Å². The second kappa shape index (κ2) is 3.02. The summed E-state index contributed by atoms with van der Waals surface area (Å²) in [6.07, 6.45) is 0. The molecule has 4 nitrogen and oxygen atoms in total. The van der Waals surface area contributed by atoms with Crippen LogP contribution in [-0.4, -0.2) is 11.0 Å². The number of amides is 1. The predicted molar refractivity (Wildman–Crippen MR) is 48.7 cm³/mol. The Labute approximate surface area is 77.3 Å². The smallest absolute Gasteiger partial charge is 0.250 e. The van der Waals surface area contributed by atoms with E-state index in [1.807, 2.05) is 0 Å². The molecule has 0 spiro atoms. The normalized spacial score (nSPS) is 9.75. The Hall–Kier alpha value is -1.23. The lowest BCUT2D eigenvalue weighted by atomic mass is 10.1. The molecule has 0 radical (unpaired) electrons. The van der Waals surface area contributed by atoms with Crippen molar-refractivity contribution in [1.82, 2.24) is 0 Å². The van der Waals surface area contributed by atoms with Gasteiger partial charge < -0.3 is 16.6 Å². The Balaban J connectivity index is 3.37. The fraction of sp³-hybridized carbons (Fsp3) is 0. The SMILES string of the molecule is NC(=O)c1cc(Br)cc(O)c1N. The zero-order valence-electron chi connectivity index (χ0n) is 6.04. The highest BCUT2D eigenvalue weighted by Gasteiger charge is 2.10. The monoisotopic (exact) mass is 230 g/mol. The third kappa shape index (κ3) is 1.50. The van der Waals surface area contributed by atoms with E-state index in [0.717, 1.165) is 0 Å². The largest absolute Gasteiger partial charge is 0.506 e. The molecule has 1 rings (SSSR count). The summed E-state index contributed by atoms with van der Waals surface area (Å²) >= 11 is 3.09. The Bertz CT molecular complexity index is 338. The summed E-state index contributed by atoms with van der Waals surface area (Å²) in [6, 6.07) is 2.85. The Morgan fingerprint density at radius 2 is 2.08 bits per heavy atom. The topological polar surface area (TPSA) is 89.3 Å². The first-order valence-electron chi connectivity index (χ1n) is 3.10. The standard InChI is InChI=1S/C7H7BrN2O2/c8-3-1-4(7(10)12)6(9)5(11)2-3/h1-2,11H,9H2,(H2,10,12). The van der Waals surface area contributed by atoms with Crippen molar-refractivity contribution in [2.24, 2.45) is 5.73 Å². The van der Waals surface area contributed by atoms with Crippen LogP contribution in [0.3, 0.4) is 0 Å². The summed E-state index contributed by atoms with van der Waals surface area (Å²) in [6.45, 7) is 0. The van der Waals surface area contributed by atoms with E-state index in [2.05, 4.69) is 15.9 Å². The molecule has 0 saturated carbocycles. The molecule has 64 valence electrons. The first-order chi connectivity index (χ1) is 5.52.